The van der Waals surface area contributed by atoms with Gasteiger partial charge < -0.3 is 4.90 Å². The topological polar surface area (TPSA) is 20.3 Å². The molecule has 2 heteroatoms. The molecule has 1 aliphatic heterocycles. The van der Waals surface area contributed by atoms with Crippen LogP contribution in [0.5, 0.6) is 0 Å². The van der Waals surface area contributed by atoms with Crippen molar-refractivity contribution in [3.8, 4) is 0 Å². The standard InChI is InChI=1S/C16H19NO/c1-17-8-6-12(7-9-17)10-14-11-13-4-2-3-5-15(13)16(14)18/h2-5,10,12H,6-9,11H2,1H3/b14-10+. The lowest BCUT2D eigenvalue weighted by atomic mass is 9.93. The van der Waals surface area contributed by atoms with Gasteiger partial charge in [0, 0.05) is 17.6 Å². The Balaban J connectivity index is 1.78. The first-order chi connectivity index (χ1) is 8.74. The molecule has 3 rings (SSSR count). The van der Waals surface area contributed by atoms with Crippen LogP contribution in [0.2, 0.25) is 0 Å². The molecule has 2 nitrogen and oxygen atoms in total. The molecule has 0 saturated carbocycles. The number of hydrogen-bond donors (Lipinski definition) is 0. The van der Waals surface area contributed by atoms with E-state index in [-0.39, 0.29) is 5.78 Å². The Kier molecular flexibility index (Phi) is 3.04. The molecule has 1 aliphatic carbocycles. The quantitative estimate of drug-likeness (QED) is 0.705. The summed E-state index contributed by atoms with van der Waals surface area (Å²) < 4.78 is 0. The number of benzene rings is 1. The molecule has 0 N–H and O–H groups in total. The third-order valence-corrected chi connectivity index (χ3v) is 4.13. The molecule has 0 aromatic heterocycles. The molecular weight excluding hydrogens is 222 g/mol. The van der Waals surface area contributed by atoms with Crippen molar-refractivity contribution in [3.05, 3.63) is 47.0 Å². The van der Waals surface area contributed by atoms with E-state index in [1.54, 1.807) is 0 Å². The van der Waals surface area contributed by atoms with Crippen LogP contribution >= 0.6 is 0 Å². The summed E-state index contributed by atoms with van der Waals surface area (Å²) in [5, 5.41) is 0. The number of rotatable bonds is 1. The first-order valence-electron chi connectivity index (χ1n) is 6.76. The maximum absolute atomic E-state index is 12.3. The molecule has 0 radical (unpaired) electrons. The van der Waals surface area contributed by atoms with E-state index in [0.29, 0.717) is 5.92 Å². The van der Waals surface area contributed by atoms with Gasteiger partial charge in [-0.05, 0) is 44.5 Å². The zero-order valence-electron chi connectivity index (χ0n) is 10.9. The highest BCUT2D eigenvalue weighted by atomic mass is 16.1. The van der Waals surface area contributed by atoms with Crippen LogP contribution in [0.4, 0.5) is 0 Å². The Bertz CT molecular complexity index is 496. The number of nitrogens with zero attached hydrogens (tertiary/aromatic N) is 1. The van der Waals surface area contributed by atoms with Gasteiger partial charge in [0.05, 0.1) is 0 Å². The summed E-state index contributed by atoms with van der Waals surface area (Å²) in [4.78, 5) is 14.6. The minimum absolute atomic E-state index is 0.254. The van der Waals surface area contributed by atoms with E-state index in [0.717, 1.165) is 30.6 Å². The van der Waals surface area contributed by atoms with Gasteiger partial charge in [-0.2, -0.15) is 0 Å². The number of carbonyl (C=O) groups excluding carboxylic acids is 1. The first kappa shape index (κ1) is 11.7. The summed E-state index contributed by atoms with van der Waals surface area (Å²) in [6.07, 6.45) is 5.45. The average Bonchev–Trinajstić information content (AvgIpc) is 2.70. The monoisotopic (exact) mass is 241 g/mol. The van der Waals surface area contributed by atoms with Gasteiger partial charge in [0.1, 0.15) is 0 Å². The maximum atomic E-state index is 12.3. The van der Waals surface area contributed by atoms with Crippen molar-refractivity contribution in [2.45, 2.75) is 19.3 Å². The summed E-state index contributed by atoms with van der Waals surface area (Å²) in [5.41, 5.74) is 3.13. The van der Waals surface area contributed by atoms with Crippen molar-refractivity contribution in [3.63, 3.8) is 0 Å². The van der Waals surface area contributed by atoms with E-state index in [4.69, 9.17) is 0 Å². The van der Waals surface area contributed by atoms with Gasteiger partial charge in [-0.25, -0.2) is 0 Å². The van der Waals surface area contributed by atoms with Gasteiger partial charge in [0.25, 0.3) is 0 Å². The lowest BCUT2D eigenvalue weighted by Crippen LogP contribution is -2.29. The van der Waals surface area contributed by atoms with Gasteiger partial charge in [0.2, 0.25) is 0 Å². The number of likely N-dealkylation sites (tertiary alicyclic amines) is 1. The molecule has 1 aromatic carbocycles. The Morgan fingerprint density at radius 3 is 2.67 bits per heavy atom. The van der Waals surface area contributed by atoms with Gasteiger partial charge in [0.15, 0.2) is 5.78 Å². The van der Waals surface area contributed by atoms with Crippen LogP contribution in [-0.2, 0) is 6.42 Å². The molecule has 94 valence electrons. The average molecular weight is 241 g/mol. The third-order valence-electron chi connectivity index (χ3n) is 4.13. The number of carbonyl (C=O) groups is 1. The second kappa shape index (κ2) is 4.69. The summed E-state index contributed by atoms with van der Waals surface area (Å²) in [6, 6.07) is 8.00. The molecular formula is C16H19NO. The van der Waals surface area contributed by atoms with Gasteiger partial charge in [-0.1, -0.05) is 30.3 Å². The van der Waals surface area contributed by atoms with Crippen LogP contribution in [-0.4, -0.2) is 30.8 Å². The molecule has 0 amide bonds. The molecule has 2 aliphatic rings. The minimum atomic E-state index is 0.254. The molecule has 18 heavy (non-hydrogen) atoms. The highest BCUT2D eigenvalue weighted by Gasteiger charge is 2.25. The second-order valence-corrected chi connectivity index (χ2v) is 5.50. The van der Waals surface area contributed by atoms with Crippen LogP contribution in [0.1, 0.15) is 28.8 Å². The van der Waals surface area contributed by atoms with Crippen molar-refractivity contribution in [1.29, 1.82) is 0 Å². The lowest BCUT2D eigenvalue weighted by Gasteiger charge is -2.27. The van der Waals surface area contributed by atoms with Crippen molar-refractivity contribution in [1.82, 2.24) is 4.90 Å². The number of allylic oxidation sites excluding steroid dienone is 2. The van der Waals surface area contributed by atoms with E-state index < -0.39 is 0 Å². The summed E-state index contributed by atoms with van der Waals surface area (Å²) >= 11 is 0. The fourth-order valence-electron chi connectivity index (χ4n) is 2.97. The second-order valence-electron chi connectivity index (χ2n) is 5.50. The number of Topliss-reactive ketones (excluding diaryl/α,β-unsaturated/α-hetero) is 1. The van der Waals surface area contributed by atoms with Crippen LogP contribution in [0.25, 0.3) is 0 Å². The predicted molar refractivity (Wildman–Crippen MR) is 72.8 cm³/mol. The lowest BCUT2D eigenvalue weighted by molar-refractivity contribution is 0.103. The van der Waals surface area contributed by atoms with E-state index in [1.165, 1.54) is 18.4 Å². The SMILES string of the molecule is CN1CCC(/C=C2\Cc3ccccc3C2=O)CC1. The molecule has 0 unspecified atom stereocenters. The predicted octanol–water partition coefficient (Wildman–Crippen LogP) is 2.69. The van der Waals surface area contributed by atoms with Crippen LogP contribution < -0.4 is 0 Å². The van der Waals surface area contributed by atoms with Crippen molar-refractivity contribution in [2.24, 2.45) is 5.92 Å². The van der Waals surface area contributed by atoms with Crippen molar-refractivity contribution < 1.29 is 4.79 Å². The summed E-state index contributed by atoms with van der Waals surface area (Å²) in [7, 11) is 2.17. The molecule has 1 heterocycles. The van der Waals surface area contributed by atoms with Crippen LogP contribution in [0.3, 0.4) is 0 Å². The Morgan fingerprint density at radius 1 is 1.22 bits per heavy atom. The van der Waals surface area contributed by atoms with E-state index in [1.807, 2.05) is 18.2 Å². The highest BCUT2D eigenvalue weighted by molar-refractivity contribution is 6.13. The highest BCUT2D eigenvalue weighted by Crippen LogP contribution is 2.29. The normalized spacial score (nSPS) is 23.6. The number of fused-ring (bicyclic) bond motifs is 1. The molecule has 0 bridgehead atoms. The fourth-order valence-corrected chi connectivity index (χ4v) is 2.97. The maximum Gasteiger partial charge on any atom is 0.189 e. The molecule has 1 saturated heterocycles. The Morgan fingerprint density at radius 2 is 1.94 bits per heavy atom. The third kappa shape index (κ3) is 2.13. The van der Waals surface area contributed by atoms with Crippen LogP contribution in [0.15, 0.2) is 35.9 Å². The van der Waals surface area contributed by atoms with Crippen molar-refractivity contribution in [2.75, 3.05) is 20.1 Å². The zero-order chi connectivity index (χ0) is 12.5. The Labute approximate surface area is 108 Å². The summed E-state index contributed by atoms with van der Waals surface area (Å²) in [6.45, 7) is 2.30. The van der Waals surface area contributed by atoms with Gasteiger partial charge in [-0.15, -0.1) is 0 Å². The van der Waals surface area contributed by atoms with Crippen LogP contribution in [0, 0.1) is 5.92 Å². The molecule has 1 aromatic rings. The first-order valence-corrected chi connectivity index (χ1v) is 6.76. The molecule has 0 spiro atoms. The Hall–Kier alpha value is -1.41. The number of ketones is 1. The van der Waals surface area contributed by atoms with E-state index >= 15 is 0 Å². The molecule has 1 fully saturated rings. The minimum Gasteiger partial charge on any atom is -0.306 e. The number of piperidine rings is 1. The van der Waals surface area contributed by atoms with E-state index in [9.17, 15) is 4.79 Å². The number of hydrogen-bond acceptors (Lipinski definition) is 2. The summed E-state index contributed by atoms with van der Waals surface area (Å²) in [5.74, 6) is 0.846. The molecule has 0 atom stereocenters. The fraction of sp³-hybridized carbons (Fsp3) is 0.438. The van der Waals surface area contributed by atoms with Crippen molar-refractivity contribution >= 4 is 5.78 Å². The zero-order valence-corrected chi connectivity index (χ0v) is 10.9. The van der Waals surface area contributed by atoms with E-state index in [2.05, 4.69) is 24.1 Å². The van der Waals surface area contributed by atoms with Gasteiger partial charge >= 0.3 is 0 Å². The smallest absolute Gasteiger partial charge is 0.189 e. The van der Waals surface area contributed by atoms with Gasteiger partial charge in [-0.3, -0.25) is 4.79 Å². The largest absolute Gasteiger partial charge is 0.306 e.